The monoisotopic (exact) mass is 299 g/mol. The highest BCUT2D eigenvalue weighted by molar-refractivity contribution is 5.94. The molecule has 2 aromatic rings. The van der Waals surface area contributed by atoms with Gasteiger partial charge < -0.3 is 9.47 Å². The summed E-state index contributed by atoms with van der Waals surface area (Å²) in [4.78, 5) is 15.9. The smallest absolute Gasteiger partial charge is 0.272 e. The average molecular weight is 299 g/mol. The zero-order chi connectivity index (χ0) is 15.9. The van der Waals surface area contributed by atoms with Crippen molar-refractivity contribution in [3.8, 4) is 11.5 Å². The summed E-state index contributed by atoms with van der Waals surface area (Å²) in [6.45, 7) is 1.86. The number of amides is 1. The van der Waals surface area contributed by atoms with E-state index in [9.17, 15) is 4.79 Å². The van der Waals surface area contributed by atoms with E-state index in [1.165, 1.54) is 12.4 Å². The Bertz CT molecular complexity index is 682. The Morgan fingerprint density at radius 2 is 1.95 bits per heavy atom. The first-order valence-corrected chi connectivity index (χ1v) is 6.62. The lowest BCUT2D eigenvalue weighted by Gasteiger charge is -2.07. The van der Waals surface area contributed by atoms with Crippen molar-refractivity contribution >= 4 is 12.1 Å². The van der Waals surface area contributed by atoms with Crippen LogP contribution in [0.5, 0.6) is 11.5 Å². The van der Waals surface area contributed by atoms with E-state index in [1.54, 1.807) is 38.5 Å². The van der Waals surface area contributed by atoms with Gasteiger partial charge in [-0.3, -0.25) is 9.78 Å². The Kier molecular flexibility index (Phi) is 5.08. The molecule has 1 amide bonds. The van der Waals surface area contributed by atoms with Gasteiger partial charge in [-0.25, -0.2) is 5.43 Å². The van der Waals surface area contributed by atoms with Gasteiger partial charge in [-0.1, -0.05) is 0 Å². The number of pyridine rings is 1. The molecule has 1 aromatic carbocycles. The maximum atomic E-state index is 11.9. The molecule has 0 bridgehead atoms. The standard InChI is InChI=1S/C16H17N3O3/c1-11-4-6-13(10-17-11)16(20)19-18-9-12-5-7-14(21-2)15(8-12)22-3/h4-10H,1-3H3,(H,19,20)/b18-9-. The Hall–Kier alpha value is -2.89. The first-order chi connectivity index (χ1) is 10.6. The van der Waals surface area contributed by atoms with Gasteiger partial charge in [-0.15, -0.1) is 0 Å². The fourth-order valence-corrected chi connectivity index (χ4v) is 1.77. The summed E-state index contributed by atoms with van der Waals surface area (Å²) < 4.78 is 10.4. The van der Waals surface area contributed by atoms with E-state index >= 15 is 0 Å². The SMILES string of the molecule is COc1ccc(/C=N\NC(=O)c2ccc(C)nc2)cc1OC. The van der Waals surface area contributed by atoms with Gasteiger partial charge in [0, 0.05) is 11.9 Å². The van der Waals surface area contributed by atoms with Crippen molar-refractivity contribution in [1.29, 1.82) is 0 Å². The Balaban J connectivity index is 2.03. The van der Waals surface area contributed by atoms with E-state index in [-0.39, 0.29) is 5.91 Å². The van der Waals surface area contributed by atoms with Crippen LogP contribution in [0, 0.1) is 6.92 Å². The van der Waals surface area contributed by atoms with Crippen LogP contribution in [0.4, 0.5) is 0 Å². The largest absolute Gasteiger partial charge is 0.493 e. The van der Waals surface area contributed by atoms with Crippen molar-refractivity contribution in [2.45, 2.75) is 6.92 Å². The van der Waals surface area contributed by atoms with Crippen LogP contribution >= 0.6 is 0 Å². The van der Waals surface area contributed by atoms with Crippen LogP contribution < -0.4 is 14.9 Å². The summed E-state index contributed by atoms with van der Waals surface area (Å²) in [5.41, 5.74) is 4.54. The molecule has 0 fully saturated rings. The number of hydrogen-bond donors (Lipinski definition) is 1. The number of benzene rings is 1. The minimum Gasteiger partial charge on any atom is -0.493 e. The van der Waals surface area contributed by atoms with Gasteiger partial charge in [-0.2, -0.15) is 5.10 Å². The van der Waals surface area contributed by atoms with Crippen molar-refractivity contribution in [3.63, 3.8) is 0 Å². The highest BCUT2D eigenvalue weighted by Crippen LogP contribution is 2.26. The average Bonchev–Trinajstić information content (AvgIpc) is 2.55. The van der Waals surface area contributed by atoms with Gasteiger partial charge in [0.15, 0.2) is 11.5 Å². The van der Waals surface area contributed by atoms with Gasteiger partial charge in [0.25, 0.3) is 5.91 Å². The third-order valence-electron chi connectivity index (χ3n) is 2.96. The fraction of sp³-hybridized carbons (Fsp3) is 0.188. The van der Waals surface area contributed by atoms with Gasteiger partial charge in [0.05, 0.1) is 26.0 Å². The van der Waals surface area contributed by atoms with Crippen LogP contribution in [0.15, 0.2) is 41.6 Å². The Morgan fingerprint density at radius 3 is 2.59 bits per heavy atom. The molecule has 0 atom stereocenters. The molecule has 22 heavy (non-hydrogen) atoms. The first kappa shape index (κ1) is 15.5. The van der Waals surface area contributed by atoms with Gasteiger partial charge in [-0.05, 0) is 42.8 Å². The Labute approximate surface area is 128 Å². The predicted octanol–water partition coefficient (Wildman–Crippen LogP) is 2.17. The molecule has 1 heterocycles. The van der Waals surface area contributed by atoms with Crippen molar-refractivity contribution in [2.24, 2.45) is 5.10 Å². The number of hydrogen-bond acceptors (Lipinski definition) is 5. The van der Waals surface area contributed by atoms with E-state index in [0.29, 0.717) is 17.1 Å². The number of aromatic nitrogens is 1. The van der Waals surface area contributed by atoms with Gasteiger partial charge in [0.1, 0.15) is 0 Å². The molecule has 6 heteroatoms. The summed E-state index contributed by atoms with van der Waals surface area (Å²) in [7, 11) is 3.13. The van der Waals surface area contributed by atoms with Crippen LogP contribution in [0.1, 0.15) is 21.6 Å². The molecule has 0 aliphatic carbocycles. The number of nitrogens with zero attached hydrogens (tertiary/aromatic N) is 2. The molecule has 0 aliphatic heterocycles. The number of carbonyl (C=O) groups excluding carboxylic acids is 1. The van der Waals surface area contributed by atoms with Gasteiger partial charge in [0.2, 0.25) is 0 Å². The van der Waals surface area contributed by atoms with Crippen LogP contribution in [0.3, 0.4) is 0 Å². The maximum absolute atomic E-state index is 11.9. The van der Waals surface area contributed by atoms with E-state index < -0.39 is 0 Å². The number of carbonyl (C=O) groups is 1. The second-order valence-corrected chi connectivity index (χ2v) is 4.50. The van der Waals surface area contributed by atoms with Crippen LogP contribution in [-0.4, -0.2) is 31.3 Å². The van der Waals surface area contributed by atoms with Crippen molar-refractivity contribution in [3.05, 3.63) is 53.3 Å². The lowest BCUT2D eigenvalue weighted by atomic mass is 10.2. The molecule has 2 rings (SSSR count). The number of aryl methyl sites for hydroxylation is 1. The molecule has 0 radical (unpaired) electrons. The summed E-state index contributed by atoms with van der Waals surface area (Å²) >= 11 is 0. The molecule has 0 spiro atoms. The summed E-state index contributed by atoms with van der Waals surface area (Å²) in [6, 6.07) is 8.81. The number of rotatable bonds is 5. The predicted molar refractivity (Wildman–Crippen MR) is 83.6 cm³/mol. The summed E-state index contributed by atoms with van der Waals surface area (Å²) in [5.74, 6) is 0.916. The van der Waals surface area contributed by atoms with Crippen LogP contribution in [0.25, 0.3) is 0 Å². The third-order valence-corrected chi connectivity index (χ3v) is 2.96. The quantitative estimate of drug-likeness (QED) is 0.678. The number of methoxy groups -OCH3 is 2. The fourth-order valence-electron chi connectivity index (χ4n) is 1.77. The number of nitrogens with one attached hydrogen (secondary N) is 1. The number of ether oxygens (including phenoxy) is 2. The molecular weight excluding hydrogens is 282 g/mol. The van der Waals surface area contributed by atoms with E-state index in [1.807, 2.05) is 13.0 Å². The molecule has 0 saturated carbocycles. The van der Waals surface area contributed by atoms with Gasteiger partial charge >= 0.3 is 0 Å². The van der Waals surface area contributed by atoms with E-state index in [4.69, 9.17) is 9.47 Å². The lowest BCUT2D eigenvalue weighted by molar-refractivity contribution is 0.0955. The maximum Gasteiger partial charge on any atom is 0.272 e. The number of hydrazone groups is 1. The van der Waals surface area contributed by atoms with Crippen molar-refractivity contribution in [1.82, 2.24) is 10.4 Å². The molecule has 0 unspecified atom stereocenters. The first-order valence-electron chi connectivity index (χ1n) is 6.62. The molecule has 1 aromatic heterocycles. The lowest BCUT2D eigenvalue weighted by Crippen LogP contribution is -2.17. The summed E-state index contributed by atoms with van der Waals surface area (Å²) in [6.07, 6.45) is 3.04. The van der Waals surface area contributed by atoms with E-state index in [2.05, 4.69) is 15.5 Å². The molecule has 6 nitrogen and oxygen atoms in total. The summed E-state index contributed by atoms with van der Waals surface area (Å²) in [5, 5.41) is 3.92. The van der Waals surface area contributed by atoms with Crippen molar-refractivity contribution in [2.75, 3.05) is 14.2 Å². The van der Waals surface area contributed by atoms with Crippen LogP contribution in [0.2, 0.25) is 0 Å². The van der Waals surface area contributed by atoms with E-state index in [0.717, 1.165) is 11.3 Å². The second-order valence-electron chi connectivity index (χ2n) is 4.50. The zero-order valence-electron chi connectivity index (χ0n) is 12.7. The normalized spacial score (nSPS) is 10.5. The molecule has 0 saturated heterocycles. The molecule has 114 valence electrons. The zero-order valence-corrected chi connectivity index (χ0v) is 12.7. The Morgan fingerprint density at radius 1 is 1.18 bits per heavy atom. The molecule has 0 aliphatic rings. The topological polar surface area (TPSA) is 72.8 Å². The molecular formula is C16H17N3O3. The van der Waals surface area contributed by atoms with Crippen LogP contribution in [-0.2, 0) is 0 Å². The van der Waals surface area contributed by atoms with Crippen molar-refractivity contribution < 1.29 is 14.3 Å². The highest BCUT2D eigenvalue weighted by atomic mass is 16.5. The third kappa shape index (κ3) is 3.82. The minimum absolute atomic E-state index is 0.316. The molecule has 1 N–H and O–H groups in total. The minimum atomic E-state index is -0.316. The highest BCUT2D eigenvalue weighted by Gasteiger charge is 2.05. The second kappa shape index (κ2) is 7.21.